The second kappa shape index (κ2) is 6.96. The van der Waals surface area contributed by atoms with Gasteiger partial charge in [-0.15, -0.1) is 5.10 Å². The smallest absolute Gasteiger partial charge is 0.226 e. The highest BCUT2D eigenvalue weighted by molar-refractivity contribution is 6.42. The SMILES string of the molecule is CC1(C)CC(=O)C2=C(C1)Nc1nc(-c3ccc(Cl)c(Cl)c3)nn1C2c1ccccc1. The molecule has 0 saturated heterocycles. The number of carbonyl (C=O) groups excluding carboxylic acids is 1. The molecule has 5 rings (SSSR count). The minimum absolute atomic E-state index is 0.0983. The Morgan fingerprint density at radius 3 is 2.57 bits per heavy atom. The number of aromatic nitrogens is 3. The summed E-state index contributed by atoms with van der Waals surface area (Å²) in [5.74, 6) is 1.30. The molecule has 1 N–H and O–H groups in total. The van der Waals surface area contributed by atoms with Crippen molar-refractivity contribution < 1.29 is 4.79 Å². The van der Waals surface area contributed by atoms with Crippen LogP contribution in [0, 0.1) is 5.41 Å². The lowest BCUT2D eigenvalue weighted by atomic mass is 9.73. The summed E-state index contributed by atoms with van der Waals surface area (Å²) >= 11 is 12.3. The van der Waals surface area contributed by atoms with E-state index in [0.29, 0.717) is 28.2 Å². The molecule has 2 heterocycles. The number of nitrogens with zero attached hydrogens (tertiary/aromatic N) is 3. The van der Waals surface area contributed by atoms with E-state index in [1.54, 1.807) is 12.1 Å². The van der Waals surface area contributed by atoms with Crippen LogP contribution in [-0.2, 0) is 4.79 Å². The quantitative estimate of drug-likeness (QED) is 0.539. The van der Waals surface area contributed by atoms with Crippen molar-refractivity contribution in [1.29, 1.82) is 0 Å². The van der Waals surface area contributed by atoms with Crippen LogP contribution in [-0.4, -0.2) is 20.5 Å². The zero-order chi connectivity index (χ0) is 21.0. The van der Waals surface area contributed by atoms with Gasteiger partial charge in [0.1, 0.15) is 6.04 Å². The molecule has 30 heavy (non-hydrogen) atoms. The van der Waals surface area contributed by atoms with Gasteiger partial charge in [-0.05, 0) is 35.6 Å². The van der Waals surface area contributed by atoms with E-state index in [2.05, 4.69) is 19.2 Å². The van der Waals surface area contributed by atoms with Gasteiger partial charge in [0, 0.05) is 23.3 Å². The normalized spacial score (nSPS) is 19.9. The summed E-state index contributed by atoms with van der Waals surface area (Å²) < 4.78 is 1.81. The molecule has 1 unspecified atom stereocenters. The van der Waals surface area contributed by atoms with Crippen molar-refractivity contribution >= 4 is 34.9 Å². The number of fused-ring (bicyclic) bond motifs is 1. The molecule has 0 spiro atoms. The average molecular weight is 439 g/mol. The summed E-state index contributed by atoms with van der Waals surface area (Å²) in [6.07, 6.45) is 1.30. The third-order valence-corrected chi connectivity index (χ3v) is 6.36. The van der Waals surface area contributed by atoms with E-state index in [9.17, 15) is 4.79 Å². The van der Waals surface area contributed by atoms with Crippen molar-refractivity contribution in [2.45, 2.75) is 32.7 Å². The topological polar surface area (TPSA) is 59.8 Å². The third kappa shape index (κ3) is 3.22. The number of nitrogens with one attached hydrogen (secondary N) is 1. The van der Waals surface area contributed by atoms with Crippen LogP contribution in [0.1, 0.15) is 38.3 Å². The van der Waals surface area contributed by atoms with Gasteiger partial charge in [0.05, 0.1) is 10.0 Å². The molecule has 0 saturated carbocycles. The second-order valence-electron chi connectivity index (χ2n) is 8.60. The first-order chi connectivity index (χ1) is 14.3. The molecule has 0 amide bonds. The third-order valence-electron chi connectivity index (χ3n) is 5.63. The molecular weight excluding hydrogens is 419 g/mol. The maximum absolute atomic E-state index is 13.2. The molecule has 1 aliphatic carbocycles. The van der Waals surface area contributed by atoms with Crippen LogP contribution in [0.15, 0.2) is 59.8 Å². The molecule has 1 atom stereocenters. The van der Waals surface area contributed by atoms with Crippen LogP contribution < -0.4 is 5.32 Å². The Hall–Kier alpha value is -2.63. The number of anilines is 1. The van der Waals surface area contributed by atoms with Crippen LogP contribution in [0.3, 0.4) is 0 Å². The number of ketones is 1. The van der Waals surface area contributed by atoms with Gasteiger partial charge >= 0.3 is 0 Å². The Kier molecular flexibility index (Phi) is 4.49. The number of allylic oxidation sites excluding steroid dienone is 2. The van der Waals surface area contributed by atoms with Crippen LogP contribution in [0.4, 0.5) is 5.95 Å². The highest BCUT2D eigenvalue weighted by Gasteiger charge is 2.41. The molecule has 0 bridgehead atoms. The molecule has 0 radical (unpaired) electrons. The summed E-state index contributed by atoms with van der Waals surface area (Å²) in [4.78, 5) is 17.9. The fourth-order valence-electron chi connectivity index (χ4n) is 4.31. The van der Waals surface area contributed by atoms with Gasteiger partial charge in [-0.3, -0.25) is 4.79 Å². The predicted octanol–water partition coefficient (Wildman–Crippen LogP) is 5.91. The van der Waals surface area contributed by atoms with E-state index in [1.807, 2.05) is 41.1 Å². The van der Waals surface area contributed by atoms with Crippen molar-refractivity contribution in [3.63, 3.8) is 0 Å². The van der Waals surface area contributed by atoms with E-state index in [0.717, 1.165) is 28.8 Å². The van der Waals surface area contributed by atoms with Crippen LogP contribution in [0.5, 0.6) is 0 Å². The monoisotopic (exact) mass is 438 g/mol. The maximum atomic E-state index is 13.2. The van der Waals surface area contributed by atoms with Gasteiger partial charge in [-0.25, -0.2) is 4.68 Å². The Bertz CT molecular complexity index is 1200. The zero-order valence-electron chi connectivity index (χ0n) is 16.6. The van der Waals surface area contributed by atoms with Crippen LogP contribution in [0.25, 0.3) is 11.4 Å². The van der Waals surface area contributed by atoms with Crippen molar-refractivity contribution in [2.24, 2.45) is 5.41 Å². The standard InChI is InChI=1S/C23H20Cl2N4O/c1-23(2)11-17-19(18(30)12-23)20(13-6-4-3-5-7-13)29-22(26-17)27-21(28-29)14-8-9-15(24)16(25)10-14/h3-10,20H,11-12H2,1-2H3,(H,26,27,28). The molecular formula is C23H20Cl2N4O. The minimum atomic E-state index is -0.315. The van der Waals surface area contributed by atoms with Crippen molar-refractivity contribution in [3.8, 4) is 11.4 Å². The first-order valence-corrected chi connectivity index (χ1v) is 10.6. The second-order valence-corrected chi connectivity index (χ2v) is 9.42. The summed E-state index contributed by atoms with van der Waals surface area (Å²) in [6, 6.07) is 15.0. The number of rotatable bonds is 2. The highest BCUT2D eigenvalue weighted by Crippen LogP contribution is 2.45. The molecule has 2 aromatic carbocycles. The largest absolute Gasteiger partial charge is 0.328 e. The maximum Gasteiger partial charge on any atom is 0.226 e. The Labute approximate surface area is 184 Å². The lowest BCUT2D eigenvalue weighted by Gasteiger charge is -2.38. The molecule has 2 aliphatic rings. The number of carbonyl (C=O) groups is 1. The molecule has 5 nitrogen and oxygen atoms in total. The van der Waals surface area contributed by atoms with Gasteiger partial charge in [0.15, 0.2) is 11.6 Å². The Morgan fingerprint density at radius 2 is 1.83 bits per heavy atom. The molecule has 1 aromatic heterocycles. The molecule has 3 aromatic rings. The van der Waals surface area contributed by atoms with E-state index in [1.165, 1.54) is 0 Å². The van der Waals surface area contributed by atoms with Gasteiger partial charge in [0.2, 0.25) is 5.95 Å². The van der Waals surface area contributed by atoms with Crippen LogP contribution >= 0.6 is 23.2 Å². The fourth-order valence-corrected chi connectivity index (χ4v) is 4.61. The summed E-state index contributed by atoms with van der Waals surface area (Å²) in [6.45, 7) is 4.24. The van der Waals surface area contributed by atoms with Gasteiger partial charge in [0.25, 0.3) is 0 Å². The predicted molar refractivity (Wildman–Crippen MR) is 119 cm³/mol. The number of halogens is 2. The van der Waals surface area contributed by atoms with Crippen LogP contribution in [0.2, 0.25) is 10.0 Å². The van der Waals surface area contributed by atoms with Gasteiger partial charge < -0.3 is 5.32 Å². The number of hydrogen-bond donors (Lipinski definition) is 1. The highest BCUT2D eigenvalue weighted by atomic mass is 35.5. The first kappa shape index (κ1) is 19.3. The lowest BCUT2D eigenvalue weighted by Crippen LogP contribution is -2.36. The molecule has 1 aliphatic heterocycles. The number of benzene rings is 2. The van der Waals surface area contributed by atoms with Crippen molar-refractivity contribution in [2.75, 3.05) is 5.32 Å². The van der Waals surface area contributed by atoms with E-state index in [-0.39, 0.29) is 17.2 Å². The van der Waals surface area contributed by atoms with E-state index in [4.69, 9.17) is 33.3 Å². The van der Waals surface area contributed by atoms with E-state index < -0.39 is 0 Å². The van der Waals surface area contributed by atoms with Gasteiger partial charge in [-0.1, -0.05) is 67.4 Å². The molecule has 152 valence electrons. The summed E-state index contributed by atoms with van der Waals surface area (Å²) in [5, 5.41) is 9.09. The number of Topliss-reactive ketones (excluding diaryl/α,β-unsaturated/α-hetero) is 1. The van der Waals surface area contributed by atoms with Gasteiger partial charge in [-0.2, -0.15) is 4.98 Å². The fraction of sp³-hybridized carbons (Fsp3) is 0.261. The summed E-state index contributed by atoms with van der Waals surface area (Å²) in [5.41, 5.74) is 3.39. The average Bonchev–Trinajstić information content (AvgIpc) is 3.12. The van der Waals surface area contributed by atoms with Crippen molar-refractivity contribution in [3.05, 3.63) is 75.4 Å². The molecule has 7 heteroatoms. The molecule has 0 fully saturated rings. The lowest BCUT2D eigenvalue weighted by molar-refractivity contribution is -0.118. The Balaban J connectivity index is 1.67. The Morgan fingerprint density at radius 1 is 1.07 bits per heavy atom. The summed E-state index contributed by atoms with van der Waals surface area (Å²) in [7, 11) is 0. The minimum Gasteiger partial charge on any atom is -0.328 e. The van der Waals surface area contributed by atoms with E-state index >= 15 is 0 Å². The van der Waals surface area contributed by atoms with Crippen molar-refractivity contribution in [1.82, 2.24) is 14.8 Å². The zero-order valence-corrected chi connectivity index (χ0v) is 18.1. The first-order valence-electron chi connectivity index (χ1n) is 9.82. The number of hydrogen-bond acceptors (Lipinski definition) is 4.